The molecule has 1 aliphatic heterocycles. The Morgan fingerprint density at radius 3 is 2.71 bits per heavy atom. The first-order chi connectivity index (χ1) is 9.88. The van der Waals surface area contributed by atoms with Gasteiger partial charge in [-0.2, -0.15) is 0 Å². The third kappa shape index (κ3) is 2.88. The summed E-state index contributed by atoms with van der Waals surface area (Å²) >= 11 is 1.98. The minimum absolute atomic E-state index is 0.188. The summed E-state index contributed by atoms with van der Waals surface area (Å²) in [7, 11) is 2.15. The van der Waals surface area contributed by atoms with Gasteiger partial charge in [-0.05, 0) is 67.1 Å². The fourth-order valence-corrected chi connectivity index (χ4v) is 3.45. The molecular formula is C15H20FIN4. The van der Waals surface area contributed by atoms with Crippen LogP contribution in [0, 0.1) is 14.8 Å². The van der Waals surface area contributed by atoms with Crippen molar-refractivity contribution < 1.29 is 4.39 Å². The maximum atomic E-state index is 13.9. The number of nitrogen functional groups attached to an aromatic ring is 1. The molecule has 114 valence electrons. The molecule has 0 unspecified atom stereocenters. The van der Waals surface area contributed by atoms with Crippen LogP contribution in [-0.4, -0.2) is 34.6 Å². The van der Waals surface area contributed by atoms with Crippen molar-refractivity contribution in [3.05, 3.63) is 21.5 Å². The molecule has 3 rings (SSSR count). The molecule has 6 heteroatoms. The Hall–Kier alpha value is -0.890. The number of hydrogen-bond acceptors (Lipinski definition) is 3. The number of anilines is 1. The molecule has 21 heavy (non-hydrogen) atoms. The lowest BCUT2D eigenvalue weighted by molar-refractivity contribution is 0.122. The molecule has 1 aromatic carbocycles. The van der Waals surface area contributed by atoms with Gasteiger partial charge in [-0.15, -0.1) is 0 Å². The van der Waals surface area contributed by atoms with E-state index in [-0.39, 0.29) is 11.2 Å². The van der Waals surface area contributed by atoms with Gasteiger partial charge in [0.25, 0.3) is 0 Å². The first-order valence-corrected chi connectivity index (χ1v) is 8.25. The van der Waals surface area contributed by atoms with Gasteiger partial charge in [-0.1, -0.05) is 6.92 Å². The minimum Gasteiger partial charge on any atom is -0.369 e. The Labute approximate surface area is 137 Å². The van der Waals surface area contributed by atoms with Gasteiger partial charge in [-0.3, -0.25) is 0 Å². The number of piperidine rings is 1. The number of hydrogen-bond donors (Lipinski definition) is 1. The highest BCUT2D eigenvalue weighted by Crippen LogP contribution is 2.34. The highest BCUT2D eigenvalue weighted by molar-refractivity contribution is 14.1. The third-order valence-electron chi connectivity index (χ3n) is 4.55. The predicted octanol–water partition coefficient (Wildman–Crippen LogP) is 3.09. The Bertz CT molecular complexity index is 674. The van der Waals surface area contributed by atoms with Gasteiger partial charge in [0.15, 0.2) is 0 Å². The largest absolute Gasteiger partial charge is 0.369 e. The predicted molar refractivity (Wildman–Crippen MR) is 91.7 cm³/mol. The third-order valence-corrected chi connectivity index (χ3v) is 5.38. The zero-order chi connectivity index (χ0) is 15.2. The maximum absolute atomic E-state index is 13.9. The number of benzene rings is 1. The molecule has 1 aliphatic rings. The van der Waals surface area contributed by atoms with E-state index in [4.69, 9.17) is 5.73 Å². The minimum atomic E-state index is -0.210. The van der Waals surface area contributed by atoms with E-state index in [1.165, 1.54) is 0 Å². The van der Waals surface area contributed by atoms with Crippen molar-refractivity contribution in [1.29, 1.82) is 0 Å². The lowest BCUT2D eigenvalue weighted by Crippen LogP contribution is -2.38. The fourth-order valence-electron chi connectivity index (χ4n) is 3.00. The molecule has 0 aliphatic carbocycles. The lowest BCUT2D eigenvalue weighted by atomic mass is 9.80. The summed E-state index contributed by atoms with van der Waals surface area (Å²) in [4.78, 5) is 6.73. The zero-order valence-electron chi connectivity index (χ0n) is 12.4. The zero-order valence-corrected chi connectivity index (χ0v) is 14.5. The second-order valence-electron chi connectivity index (χ2n) is 6.43. The van der Waals surface area contributed by atoms with Crippen molar-refractivity contribution in [1.82, 2.24) is 14.5 Å². The molecule has 0 radical (unpaired) electrons. The van der Waals surface area contributed by atoms with Crippen molar-refractivity contribution in [3.63, 3.8) is 0 Å². The molecular weight excluding hydrogens is 382 g/mol. The number of halogens is 2. The molecule has 0 spiro atoms. The monoisotopic (exact) mass is 402 g/mol. The fraction of sp³-hybridized carbons (Fsp3) is 0.533. The van der Waals surface area contributed by atoms with Gasteiger partial charge >= 0.3 is 0 Å². The molecule has 2 aromatic rings. The van der Waals surface area contributed by atoms with Crippen molar-refractivity contribution >= 4 is 39.6 Å². The summed E-state index contributed by atoms with van der Waals surface area (Å²) in [5.41, 5.74) is 7.83. The number of likely N-dealkylation sites (tertiary alicyclic amines) is 1. The van der Waals surface area contributed by atoms with Gasteiger partial charge in [0.1, 0.15) is 5.82 Å². The van der Waals surface area contributed by atoms with Gasteiger partial charge < -0.3 is 15.2 Å². The van der Waals surface area contributed by atoms with E-state index in [1.807, 2.05) is 27.2 Å². The normalized spacial score (nSPS) is 19.2. The number of nitrogens with two attached hydrogens (primary N) is 1. The van der Waals surface area contributed by atoms with Crippen LogP contribution < -0.4 is 5.73 Å². The second kappa shape index (κ2) is 5.39. The van der Waals surface area contributed by atoms with Crippen LogP contribution in [-0.2, 0) is 6.54 Å². The molecule has 0 bridgehead atoms. The standard InChI is InChI=1S/C15H20FIN4/c1-15(3-5-20(2)6-4-15)9-21-13-7-10(16)11(17)8-12(13)19-14(21)18/h7-8H,3-6,9H2,1-2H3,(H2,18,19). The molecule has 0 atom stereocenters. The number of imidazole rings is 1. The average molecular weight is 402 g/mol. The molecule has 0 saturated carbocycles. The van der Waals surface area contributed by atoms with E-state index >= 15 is 0 Å². The van der Waals surface area contributed by atoms with E-state index in [0.29, 0.717) is 9.52 Å². The van der Waals surface area contributed by atoms with Crippen LogP contribution >= 0.6 is 22.6 Å². The maximum Gasteiger partial charge on any atom is 0.201 e. The van der Waals surface area contributed by atoms with Crippen molar-refractivity contribution in [2.45, 2.75) is 26.3 Å². The van der Waals surface area contributed by atoms with Crippen LogP contribution in [0.25, 0.3) is 11.0 Å². The Kier molecular flexibility index (Phi) is 3.85. The molecule has 1 aromatic heterocycles. The Balaban J connectivity index is 1.97. The number of aromatic nitrogens is 2. The molecule has 0 amide bonds. The van der Waals surface area contributed by atoms with Gasteiger partial charge in [0.05, 0.1) is 14.6 Å². The van der Waals surface area contributed by atoms with Gasteiger partial charge in [0, 0.05) is 12.6 Å². The first kappa shape index (κ1) is 15.0. The summed E-state index contributed by atoms with van der Waals surface area (Å²) in [5.74, 6) is 0.268. The molecule has 1 fully saturated rings. The highest BCUT2D eigenvalue weighted by atomic mass is 127. The topological polar surface area (TPSA) is 47.1 Å². The highest BCUT2D eigenvalue weighted by Gasteiger charge is 2.30. The van der Waals surface area contributed by atoms with Crippen molar-refractivity contribution in [3.8, 4) is 0 Å². The SMILES string of the molecule is CN1CCC(C)(Cn2c(N)nc3cc(I)c(F)cc32)CC1. The summed E-state index contributed by atoms with van der Waals surface area (Å²) in [5, 5.41) is 0. The second-order valence-corrected chi connectivity index (χ2v) is 7.59. The van der Waals surface area contributed by atoms with E-state index in [2.05, 4.69) is 23.9 Å². The summed E-state index contributed by atoms with van der Waals surface area (Å²) < 4.78 is 16.4. The Morgan fingerprint density at radius 1 is 1.38 bits per heavy atom. The molecule has 2 heterocycles. The van der Waals surface area contributed by atoms with Crippen LogP contribution in [0.3, 0.4) is 0 Å². The number of nitrogens with zero attached hydrogens (tertiary/aromatic N) is 3. The van der Waals surface area contributed by atoms with Gasteiger partial charge in [-0.25, -0.2) is 9.37 Å². The van der Waals surface area contributed by atoms with Crippen LogP contribution in [0.2, 0.25) is 0 Å². The van der Waals surface area contributed by atoms with Crippen LogP contribution in [0.5, 0.6) is 0 Å². The lowest BCUT2D eigenvalue weighted by Gasteiger charge is -2.38. The van der Waals surface area contributed by atoms with E-state index < -0.39 is 0 Å². The molecule has 4 nitrogen and oxygen atoms in total. The van der Waals surface area contributed by atoms with Crippen LogP contribution in [0.15, 0.2) is 12.1 Å². The first-order valence-electron chi connectivity index (χ1n) is 7.17. The Morgan fingerprint density at radius 2 is 2.05 bits per heavy atom. The summed E-state index contributed by atoms with van der Waals surface area (Å²) in [6, 6.07) is 3.31. The smallest absolute Gasteiger partial charge is 0.201 e. The quantitative estimate of drug-likeness (QED) is 0.786. The average Bonchev–Trinajstić information content (AvgIpc) is 2.71. The number of fused-ring (bicyclic) bond motifs is 1. The van der Waals surface area contributed by atoms with Crippen LogP contribution in [0.1, 0.15) is 19.8 Å². The van der Waals surface area contributed by atoms with Crippen molar-refractivity contribution in [2.24, 2.45) is 5.41 Å². The summed E-state index contributed by atoms with van der Waals surface area (Å²) in [6.07, 6.45) is 2.24. The van der Waals surface area contributed by atoms with E-state index in [0.717, 1.165) is 43.5 Å². The van der Waals surface area contributed by atoms with Crippen molar-refractivity contribution in [2.75, 3.05) is 25.9 Å². The summed E-state index contributed by atoms with van der Waals surface area (Å²) in [6.45, 7) is 5.27. The number of rotatable bonds is 2. The molecule has 1 saturated heterocycles. The van der Waals surface area contributed by atoms with E-state index in [1.54, 1.807) is 12.1 Å². The van der Waals surface area contributed by atoms with E-state index in [9.17, 15) is 4.39 Å². The van der Waals surface area contributed by atoms with Crippen LogP contribution in [0.4, 0.5) is 10.3 Å². The molecule has 2 N–H and O–H groups in total. The van der Waals surface area contributed by atoms with Gasteiger partial charge in [0.2, 0.25) is 5.95 Å².